The molecule has 0 spiro atoms. The molecule has 0 aromatic rings. The third kappa shape index (κ3) is 7.16. The summed E-state index contributed by atoms with van der Waals surface area (Å²) in [6, 6.07) is 0.317. The molecule has 0 saturated carbocycles. The van der Waals surface area contributed by atoms with Gasteiger partial charge in [-0.05, 0) is 48.1 Å². The first kappa shape index (κ1) is 20.2. The van der Waals surface area contributed by atoms with Crippen molar-refractivity contribution in [3.63, 3.8) is 0 Å². The second-order valence-corrected chi connectivity index (χ2v) is 6.70. The minimum atomic E-state index is -0.260. The van der Waals surface area contributed by atoms with Gasteiger partial charge in [0, 0.05) is 37.6 Å². The van der Waals surface area contributed by atoms with E-state index in [4.69, 9.17) is 5.41 Å². The molecule has 5 heteroatoms. The van der Waals surface area contributed by atoms with Crippen LogP contribution in [0.3, 0.4) is 0 Å². The topological polar surface area (TPSA) is 72.3 Å². The fourth-order valence-electron chi connectivity index (χ4n) is 1.80. The lowest BCUT2D eigenvalue weighted by molar-refractivity contribution is 0.383. The van der Waals surface area contributed by atoms with E-state index in [1.54, 1.807) is 0 Å². The highest BCUT2D eigenvalue weighted by atomic mass is 15.1. The molecule has 124 valence electrons. The van der Waals surface area contributed by atoms with Crippen LogP contribution in [0.25, 0.3) is 0 Å². The van der Waals surface area contributed by atoms with Gasteiger partial charge < -0.3 is 21.4 Å². The number of nitrogens with zero attached hydrogens (tertiary/aromatic N) is 1. The maximum Gasteiger partial charge on any atom is 0.0505 e. The Bertz CT molecular complexity index is 358. The van der Waals surface area contributed by atoms with E-state index < -0.39 is 0 Å². The molecule has 0 aromatic carbocycles. The molecule has 4 N–H and O–H groups in total. The number of rotatable bonds is 10. The summed E-state index contributed by atoms with van der Waals surface area (Å²) in [5.74, 6) is 0. The molecule has 0 aliphatic rings. The minimum Gasteiger partial charge on any atom is -0.312 e. The predicted molar refractivity (Wildman–Crippen MR) is 94.1 cm³/mol. The third-order valence-electron chi connectivity index (χ3n) is 4.25. The van der Waals surface area contributed by atoms with Gasteiger partial charge >= 0.3 is 0 Å². The summed E-state index contributed by atoms with van der Waals surface area (Å²) < 4.78 is 0. The van der Waals surface area contributed by atoms with Gasteiger partial charge in [0.1, 0.15) is 0 Å². The Hall–Kier alpha value is -0.780. The quantitative estimate of drug-likeness (QED) is 0.465. The van der Waals surface area contributed by atoms with E-state index in [2.05, 4.69) is 48.6 Å². The largest absolute Gasteiger partial charge is 0.312 e. The Kier molecular flexibility index (Phi) is 8.29. The molecule has 0 aromatic heterocycles. The van der Waals surface area contributed by atoms with Gasteiger partial charge in [-0.15, -0.1) is 0 Å². The Morgan fingerprint density at radius 3 is 1.90 bits per heavy atom. The monoisotopic (exact) mass is 297 g/mol. The molecule has 21 heavy (non-hydrogen) atoms. The fraction of sp³-hybridized carbons (Fsp3) is 0.875. The van der Waals surface area contributed by atoms with Crippen LogP contribution in [0.1, 0.15) is 48.5 Å². The molecule has 0 bridgehead atoms. The van der Waals surface area contributed by atoms with Crippen molar-refractivity contribution in [1.29, 1.82) is 5.41 Å². The number of likely N-dealkylation sites (N-methyl/N-ethyl adjacent to an activating group) is 1. The van der Waals surface area contributed by atoms with Crippen molar-refractivity contribution in [2.45, 2.75) is 65.6 Å². The maximum absolute atomic E-state index is 7.81. The Balaban J connectivity index is 4.54. The molecule has 0 aliphatic heterocycles. The van der Waals surface area contributed by atoms with Crippen LogP contribution in [0.15, 0.2) is 4.99 Å². The highest BCUT2D eigenvalue weighted by Gasteiger charge is 2.24. The summed E-state index contributed by atoms with van der Waals surface area (Å²) in [5.41, 5.74) is 1.39. The molecule has 0 radical (unpaired) electrons. The summed E-state index contributed by atoms with van der Waals surface area (Å²) in [5, 5.41) is 18.3. The maximum atomic E-state index is 7.81. The summed E-state index contributed by atoms with van der Waals surface area (Å²) in [4.78, 5) is 4.28. The normalized spacial score (nSPS) is 15.1. The SMILES string of the molecule is CCNC(CNC(C)(C)C(C)=N)CNC(C)(C)C(C)=NC. The van der Waals surface area contributed by atoms with Gasteiger partial charge in [-0.2, -0.15) is 0 Å². The molecule has 0 saturated heterocycles. The molecular weight excluding hydrogens is 262 g/mol. The lowest BCUT2D eigenvalue weighted by Gasteiger charge is -2.32. The van der Waals surface area contributed by atoms with Crippen molar-refractivity contribution in [2.75, 3.05) is 26.7 Å². The molecular formula is C16H35N5. The summed E-state index contributed by atoms with van der Waals surface area (Å²) in [6.07, 6.45) is 0. The molecule has 0 aliphatic carbocycles. The lowest BCUT2D eigenvalue weighted by Crippen LogP contribution is -2.56. The second kappa shape index (κ2) is 8.61. The van der Waals surface area contributed by atoms with Crippen LogP contribution in [0.5, 0.6) is 0 Å². The molecule has 0 heterocycles. The molecule has 0 fully saturated rings. The predicted octanol–water partition coefficient (Wildman–Crippen LogP) is 1.83. The number of hydrogen-bond acceptors (Lipinski definition) is 5. The van der Waals surface area contributed by atoms with E-state index in [0.717, 1.165) is 25.3 Å². The van der Waals surface area contributed by atoms with Crippen molar-refractivity contribution < 1.29 is 0 Å². The molecule has 0 amide bonds. The molecule has 1 unspecified atom stereocenters. The first-order chi connectivity index (χ1) is 9.56. The van der Waals surface area contributed by atoms with Crippen molar-refractivity contribution in [2.24, 2.45) is 4.99 Å². The summed E-state index contributed by atoms with van der Waals surface area (Å²) >= 11 is 0. The van der Waals surface area contributed by atoms with Gasteiger partial charge in [-0.1, -0.05) is 6.92 Å². The third-order valence-corrected chi connectivity index (χ3v) is 4.25. The Labute approximate surface area is 130 Å². The smallest absolute Gasteiger partial charge is 0.0505 e. The van der Waals surface area contributed by atoms with Crippen LogP contribution in [0, 0.1) is 5.41 Å². The molecule has 0 rings (SSSR count). The highest BCUT2D eigenvalue weighted by Crippen LogP contribution is 2.06. The number of hydrogen-bond donors (Lipinski definition) is 4. The van der Waals surface area contributed by atoms with Gasteiger partial charge in [-0.3, -0.25) is 4.99 Å². The zero-order chi connectivity index (χ0) is 16.7. The second-order valence-electron chi connectivity index (χ2n) is 6.70. The number of aliphatic imine (C=N–C) groups is 1. The highest BCUT2D eigenvalue weighted by molar-refractivity contribution is 5.90. The van der Waals surface area contributed by atoms with Gasteiger partial charge in [0.15, 0.2) is 0 Å². The van der Waals surface area contributed by atoms with Gasteiger partial charge in [0.25, 0.3) is 0 Å². The zero-order valence-corrected chi connectivity index (χ0v) is 15.1. The van der Waals surface area contributed by atoms with Crippen LogP contribution < -0.4 is 16.0 Å². The van der Waals surface area contributed by atoms with E-state index in [0.29, 0.717) is 11.8 Å². The van der Waals surface area contributed by atoms with E-state index in [9.17, 15) is 0 Å². The Morgan fingerprint density at radius 2 is 1.52 bits per heavy atom. The van der Waals surface area contributed by atoms with Crippen molar-refractivity contribution in [1.82, 2.24) is 16.0 Å². The van der Waals surface area contributed by atoms with Crippen LogP contribution in [0.2, 0.25) is 0 Å². The minimum absolute atomic E-state index is 0.102. The van der Waals surface area contributed by atoms with Gasteiger partial charge in [0.2, 0.25) is 0 Å². The van der Waals surface area contributed by atoms with E-state index in [-0.39, 0.29) is 11.1 Å². The fourth-order valence-corrected chi connectivity index (χ4v) is 1.80. The first-order valence-corrected chi connectivity index (χ1v) is 7.79. The van der Waals surface area contributed by atoms with Crippen molar-refractivity contribution in [3.05, 3.63) is 0 Å². The Morgan fingerprint density at radius 1 is 1.05 bits per heavy atom. The molecule has 1 atom stereocenters. The van der Waals surface area contributed by atoms with Crippen LogP contribution in [-0.2, 0) is 0 Å². The number of nitrogens with one attached hydrogen (secondary N) is 4. The van der Waals surface area contributed by atoms with Crippen molar-refractivity contribution in [3.8, 4) is 0 Å². The van der Waals surface area contributed by atoms with Crippen molar-refractivity contribution >= 4 is 11.4 Å². The van der Waals surface area contributed by atoms with Gasteiger partial charge in [-0.25, -0.2) is 0 Å². The van der Waals surface area contributed by atoms with E-state index in [1.165, 1.54) is 0 Å². The zero-order valence-electron chi connectivity index (χ0n) is 15.1. The summed E-state index contributed by atoms with van der Waals surface area (Å²) in [6.45, 7) is 17.0. The van der Waals surface area contributed by atoms with Crippen LogP contribution in [-0.4, -0.2) is 55.2 Å². The van der Waals surface area contributed by atoms with Gasteiger partial charge in [0.05, 0.1) is 11.1 Å². The molecule has 5 nitrogen and oxygen atoms in total. The summed E-state index contributed by atoms with van der Waals surface area (Å²) in [7, 11) is 1.83. The van der Waals surface area contributed by atoms with E-state index in [1.807, 2.05) is 27.8 Å². The first-order valence-electron chi connectivity index (χ1n) is 7.79. The standard InChI is InChI=1S/C16H35N5/c1-9-19-14(10-20-15(4,5)12(2)17)11-21-16(6,7)13(3)18-8/h14,17,19-21H,9-11H2,1-8H3. The average Bonchev–Trinajstić information content (AvgIpc) is 2.40. The average molecular weight is 297 g/mol. The lowest BCUT2D eigenvalue weighted by atomic mass is 9.98. The van der Waals surface area contributed by atoms with Crippen LogP contribution >= 0.6 is 0 Å². The van der Waals surface area contributed by atoms with E-state index >= 15 is 0 Å². The van der Waals surface area contributed by atoms with Crippen LogP contribution in [0.4, 0.5) is 0 Å².